The molecule has 2 atom stereocenters. The van der Waals surface area contributed by atoms with E-state index in [0.717, 1.165) is 19.3 Å². The zero-order valence-electron chi connectivity index (χ0n) is 14.6. The number of rotatable bonds is 7. The van der Waals surface area contributed by atoms with Crippen LogP contribution in [0.15, 0.2) is 12.3 Å². The number of aliphatic hydroxyl groups is 1. The molecule has 140 valence electrons. The fourth-order valence-electron chi connectivity index (χ4n) is 2.76. The lowest BCUT2D eigenvalue weighted by molar-refractivity contribution is -0.119. The van der Waals surface area contributed by atoms with Crippen molar-refractivity contribution in [2.45, 2.75) is 63.8 Å². The van der Waals surface area contributed by atoms with Gasteiger partial charge in [0.1, 0.15) is 6.04 Å². The van der Waals surface area contributed by atoms with Gasteiger partial charge in [-0.05, 0) is 33.1 Å². The molecule has 0 spiro atoms. The lowest BCUT2D eigenvalue weighted by Crippen LogP contribution is -2.46. The van der Waals surface area contributed by atoms with Crippen LogP contribution in [0.25, 0.3) is 0 Å². The van der Waals surface area contributed by atoms with Gasteiger partial charge in [-0.1, -0.05) is 0 Å². The van der Waals surface area contributed by atoms with Crippen LogP contribution in [-0.2, 0) is 16.1 Å². The normalized spacial score (nSPS) is 19.2. The first kappa shape index (κ1) is 19.2. The van der Waals surface area contributed by atoms with Crippen molar-refractivity contribution in [3.05, 3.63) is 12.3 Å². The average molecular weight is 354 g/mol. The maximum absolute atomic E-state index is 12.4. The Morgan fingerprint density at radius 3 is 2.84 bits per heavy atom. The zero-order chi connectivity index (χ0) is 18.4. The zero-order valence-corrected chi connectivity index (χ0v) is 14.6. The van der Waals surface area contributed by atoms with Gasteiger partial charge >= 0.3 is 6.09 Å². The summed E-state index contributed by atoms with van der Waals surface area (Å²) in [6, 6.07) is 0.679. The van der Waals surface area contributed by atoms with Gasteiger partial charge in [0.15, 0.2) is 5.82 Å². The summed E-state index contributed by atoms with van der Waals surface area (Å²) in [6.07, 6.45) is 3.32. The van der Waals surface area contributed by atoms with E-state index in [9.17, 15) is 14.7 Å². The summed E-state index contributed by atoms with van der Waals surface area (Å²) in [5.41, 5.74) is -0.932. The number of amides is 2. The lowest BCUT2D eigenvalue weighted by Gasteiger charge is -2.26. The highest BCUT2D eigenvalue weighted by molar-refractivity contribution is 5.95. The number of nitrogens with one attached hydrogen (secondary N) is 2. The number of carbonyl (C=O) groups is 2. The SMILES string of the molecule is CC(C)(O)Cn1ccc(NC(=O)[C@H](CC2CCCCO2)NC(=O)O)n1. The van der Waals surface area contributed by atoms with Crippen LogP contribution in [0, 0.1) is 0 Å². The van der Waals surface area contributed by atoms with Gasteiger partial charge in [-0.2, -0.15) is 5.10 Å². The van der Waals surface area contributed by atoms with Crippen LogP contribution in [0.5, 0.6) is 0 Å². The number of carbonyl (C=O) groups excluding carboxylic acids is 1. The Kier molecular flexibility index (Phi) is 6.38. The largest absolute Gasteiger partial charge is 0.465 e. The van der Waals surface area contributed by atoms with Gasteiger partial charge in [-0.15, -0.1) is 0 Å². The summed E-state index contributed by atoms with van der Waals surface area (Å²) < 4.78 is 7.10. The van der Waals surface area contributed by atoms with Crippen molar-refractivity contribution in [3.8, 4) is 0 Å². The minimum atomic E-state index is -1.26. The molecule has 2 heterocycles. The summed E-state index contributed by atoms with van der Waals surface area (Å²) in [5, 5.41) is 27.8. The van der Waals surface area contributed by atoms with Crippen LogP contribution >= 0.6 is 0 Å². The molecule has 1 aromatic heterocycles. The monoisotopic (exact) mass is 354 g/mol. The number of nitrogens with zero attached hydrogens (tertiary/aromatic N) is 2. The molecule has 1 aromatic rings. The van der Waals surface area contributed by atoms with E-state index in [0.29, 0.717) is 12.4 Å². The maximum atomic E-state index is 12.4. The van der Waals surface area contributed by atoms with Crippen molar-refractivity contribution in [2.24, 2.45) is 0 Å². The number of hydrogen-bond donors (Lipinski definition) is 4. The molecule has 1 aliphatic heterocycles. The molecular weight excluding hydrogens is 328 g/mol. The molecule has 0 radical (unpaired) electrons. The lowest BCUT2D eigenvalue weighted by atomic mass is 10.0. The molecule has 25 heavy (non-hydrogen) atoms. The third-order valence-electron chi connectivity index (χ3n) is 3.83. The Bertz CT molecular complexity index is 590. The molecule has 0 aliphatic carbocycles. The van der Waals surface area contributed by atoms with Crippen molar-refractivity contribution in [2.75, 3.05) is 11.9 Å². The molecule has 1 unspecified atom stereocenters. The van der Waals surface area contributed by atoms with Crippen LogP contribution in [0.1, 0.15) is 39.5 Å². The van der Waals surface area contributed by atoms with Crippen molar-refractivity contribution in [1.29, 1.82) is 0 Å². The van der Waals surface area contributed by atoms with E-state index in [1.807, 2.05) is 0 Å². The summed E-state index contributed by atoms with van der Waals surface area (Å²) in [7, 11) is 0. The minimum absolute atomic E-state index is 0.135. The van der Waals surface area contributed by atoms with Crippen molar-refractivity contribution in [1.82, 2.24) is 15.1 Å². The van der Waals surface area contributed by atoms with Crippen LogP contribution in [0.4, 0.5) is 10.6 Å². The van der Waals surface area contributed by atoms with Gasteiger partial charge in [-0.3, -0.25) is 9.48 Å². The van der Waals surface area contributed by atoms with E-state index in [-0.39, 0.29) is 19.1 Å². The van der Waals surface area contributed by atoms with Gasteiger partial charge in [0, 0.05) is 25.3 Å². The molecule has 2 rings (SSSR count). The fourth-order valence-corrected chi connectivity index (χ4v) is 2.76. The quantitative estimate of drug-likeness (QED) is 0.583. The van der Waals surface area contributed by atoms with E-state index >= 15 is 0 Å². The smallest absolute Gasteiger partial charge is 0.405 e. The Labute approximate surface area is 146 Å². The van der Waals surface area contributed by atoms with Crippen LogP contribution in [0.3, 0.4) is 0 Å². The molecule has 0 bridgehead atoms. The van der Waals surface area contributed by atoms with Crippen molar-refractivity contribution in [3.63, 3.8) is 0 Å². The topological polar surface area (TPSA) is 126 Å². The Morgan fingerprint density at radius 1 is 1.48 bits per heavy atom. The van der Waals surface area contributed by atoms with Crippen LogP contribution in [0.2, 0.25) is 0 Å². The second-order valence-corrected chi connectivity index (χ2v) is 6.93. The molecule has 1 saturated heterocycles. The Balaban J connectivity index is 1.97. The second kappa shape index (κ2) is 8.30. The Hall–Kier alpha value is -2.13. The maximum Gasteiger partial charge on any atom is 0.405 e. The van der Waals surface area contributed by atoms with Crippen molar-refractivity contribution >= 4 is 17.8 Å². The third kappa shape index (κ3) is 6.71. The first-order valence-electron chi connectivity index (χ1n) is 8.41. The average Bonchev–Trinajstić information content (AvgIpc) is 2.92. The number of anilines is 1. The minimum Gasteiger partial charge on any atom is -0.465 e. The summed E-state index contributed by atoms with van der Waals surface area (Å²) >= 11 is 0. The Morgan fingerprint density at radius 2 is 2.24 bits per heavy atom. The third-order valence-corrected chi connectivity index (χ3v) is 3.83. The summed E-state index contributed by atoms with van der Waals surface area (Å²) in [4.78, 5) is 23.4. The predicted octanol–water partition coefficient (Wildman–Crippen LogP) is 1.19. The number of aromatic nitrogens is 2. The van der Waals surface area contributed by atoms with E-state index in [4.69, 9.17) is 9.84 Å². The molecule has 4 N–H and O–H groups in total. The molecule has 0 aromatic carbocycles. The highest BCUT2D eigenvalue weighted by Crippen LogP contribution is 2.18. The van der Waals surface area contributed by atoms with Crippen LogP contribution in [-0.4, -0.2) is 56.3 Å². The first-order chi connectivity index (χ1) is 11.7. The van der Waals surface area contributed by atoms with Gasteiger partial charge in [-0.25, -0.2) is 4.79 Å². The first-order valence-corrected chi connectivity index (χ1v) is 8.41. The van der Waals surface area contributed by atoms with E-state index in [1.54, 1.807) is 26.1 Å². The molecule has 1 fully saturated rings. The molecular formula is C16H26N4O5. The van der Waals surface area contributed by atoms with Gasteiger partial charge in [0.2, 0.25) is 5.91 Å². The van der Waals surface area contributed by atoms with E-state index in [1.165, 1.54) is 4.68 Å². The molecule has 9 nitrogen and oxygen atoms in total. The van der Waals surface area contributed by atoms with Gasteiger partial charge in [0.25, 0.3) is 0 Å². The number of ether oxygens (including phenoxy) is 1. The highest BCUT2D eigenvalue weighted by atomic mass is 16.5. The van der Waals surface area contributed by atoms with Gasteiger partial charge in [0.05, 0.1) is 18.2 Å². The van der Waals surface area contributed by atoms with E-state index in [2.05, 4.69) is 15.7 Å². The summed E-state index contributed by atoms with van der Waals surface area (Å²) in [5.74, 6) is -0.180. The second-order valence-electron chi connectivity index (χ2n) is 6.93. The highest BCUT2D eigenvalue weighted by Gasteiger charge is 2.27. The summed E-state index contributed by atoms with van der Waals surface area (Å²) in [6.45, 7) is 4.22. The molecule has 9 heteroatoms. The van der Waals surface area contributed by atoms with Gasteiger partial charge < -0.3 is 25.6 Å². The van der Waals surface area contributed by atoms with Crippen LogP contribution < -0.4 is 10.6 Å². The number of hydrogen-bond acceptors (Lipinski definition) is 5. The fraction of sp³-hybridized carbons (Fsp3) is 0.688. The standard InChI is InChI=1S/C16H26N4O5/c1-16(2,24)10-20-7-6-13(19-20)18-14(21)12(17-15(22)23)9-11-5-3-4-8-25-11/h6-7,11-12,17,24H,3-5,8-10H2,1-2H3,(H,22,23)(H,18,19,21)/t11?,12-/m0/s1. The molecule has 0 saturated carbocycles. The molecule has 2 amide bonds. The predicted molar refractivity (Wildman–Crippen MR) is 90.3 cm³/mol. The van der Waals surface area contributed by atoms with Crippen molar-refractivity contribution < 1.29 is 24.5 Å². The number of carboxylic acid groups (broad SMARTS) is 1. The van der Waals surface area contributed by atoms with E-state index < -0.39 is 23.6 Å². The molecule has 1 aliphatic rings.